The third kappa shape index (κ3) is 5.47. The Morgan fingerprint density at radius 2 is 1.90 bits per heavy atom. The summed E-state index contributed by atoms with van der Waals surface area (Å²) < 4.78 is 26.6. The maximum Gasteiger partial charge on any atom is 0.229 e. The van der Waals surface area contributed by atoms with E-state index in [0.717, 1.165) is 24.9 Å². The van der Waals surface area contributed by atoms with Crippen LogP contribution in [0.15, 0.2) is 42.7 Å². The summed E-state index contributed by atoms with van der Waals surface area (Å²) in [4.78, 5) is 0. The van der Waals surface area contributed by atoms with Crippen molar-refractivity contribution in [2.45, 2.75) is 25.9 Å². The van der Waals surface area contributed by atoms with Crippen molar-refractivity contribution >= 4 is 21.4 Å². The van der Waals surface area contributed by atoms with Gasteiger partial charge in [-0.2, -0.15) is 5.10 Å². The topological polar surface area (TPSA) is 76.0 Å². The molecule has 0 aliphatic heterocycles. The lowest BCUT2D eigenvalue weighted by molar-refractivity contribution is 0.546. The first kappa shape index (κ1) is 15.4. The summed E-state index contributed by atoms with van der Waals surface area (Å²) in [5.41, 5.74) is 1.52. The number of benzene rings is 1. The molecule has 1 heterocycles. The summed E-state index contributed by atoms with van der Waals surface area (Å²) >= 11 is 0. The number of sulfonamides is 1. The lowest BCUT2D eigenvalue weighted by atomic mass is 10.2. The summed E-state index contributed by atoms with van der Waals surface area (Å²) in [7, 11) is -3.23. The monoisotopic (exact) mass is 308 g/mol. The van der Waals surface area contributed by atoms with Crippen LogP contribution in [0.1, 0.15) is 13.3 Å². The highest BCUT2D eigenvalue weighted by molar-refractivity contribution is 7.92. The van der Waals surface area contributed by atoms with Crippen LogP contribution < -0.4 is 10.0 Å². The second-order valence-electron chi connectivity index (χ2n) is 5.05. The van der Waals surface area contributed by atoms with Gasteiger partial charge in [0, 0.05) is 36.4 Å². The fourth-order valence-corrected chi connectivity index (χ4v) is 2.53. The molecule has 0 aliphatic carbocycles. The third-order valence-corrected chi connectivity index (χ3v) is 3.56. The van der Waals surface area contributed by atoms with E-state index in [-0.39, 0.29) is 0 Å². The molecule has 0 bridgehead atoms. The number of hydrogen-bond donors (Lipinski definition) is 2. The molecule has 6 nitrogen and oxygen atoms in total. The Bertz CT molecular complexity index is 651. The molecule has 0 saturated carbocycles. The lowest BCUT2D eigenvalue weighted by Crippen LogP contribution is -2.18. The van der Waals surface area contributed by atoms with Gasteiger partial charge in [0.1, 0.15) is 0 Å². The van der Waals surface area contributed by atoms with Crippen LogP contribution in [0.4, 0.5) is 11.4 Å². The molecule has 2 N–H and O–H groups in total. The van der Waals surface area contributed by atoms with Crippen molar-refractivity contribution in [1.29, 1.82) is 0 Å². The summed E-state index contributed by atoms with van der Waals surface area (Å²) in [5, 5.41) is 7.54. The van der Waals surface area contributed by atoms with Crippen molar-refractivity contribution in [3.8, 4) is 0 Å². The Balaban J connectivity index is 1.84. The number of rotatable bonds is 7. The third-order valence-electron chi connectivity index (χ3n) is 2.95. The zero-order valence-corrected chi connectivity index (χ0v) is 13.0. The highest BCUT2D eigenvalue weighted by Crippen LogP contribution is 2.16. The summed E-state index contributed by atoms with van der Waals surface area (Å²) in [6.07, 6.45) is 5.80. The molecule has 0 radical (unpaired) electrons. The highest BCUT2D eigenvalue weighted by Gasteiger charge is 2.04. The van der Waals surface area contributed by atoms with Crippen LogP contribution in [-0.4, -0.2) is 30.5 Å². The predicted molar refractivity (Wildman–Crippen MR) is 84.8 cm³/mol. The highest BCUT2D eigenvalue weighted by atomic mass is 32.2. The molecule has 1 aromatic heterocycles. The quantitative estimate of drug-likeness (QED) is 0.821. The van der Waals surface area contributed by atoms with E-state index >= 15 is 0 Å². The zero-order valence-electron chi connectivity index (χ0n) is 12.2. The van der Waals surface area contributed by atoms with Crippen molar-refractivity contribution in [1.82, 2.24) is 9.78 Å². The first-order valence-electron chi connectivity index (χ1n) is 6.74. The smallest absolute Gasteiger partial charge is 0.229 e. The van der Waals surface area contributed by atoms with Gasteiger partial charge in [-0.3, -0.25) is 9.40 Å². The van der Waals surface area contributed by atoms with Crippen molar-refractivity contribution in [2.24, 2.45) is 0 Å². The van der Waals surface area contributed by atoms with Crippen molar-refractivity contribution < 1.29 is 8.42 Å². The normalized spacial score (nSPS) is 12.9. The minimum absolute atomic E-state index is 0.294. The molecule has 0 fully saturated rings. The van der Waals surface area contributed by atoms with Gasteiger partial charge < -0.3 is 5.32 Å². The van der Waals surface area contributed by atoms with Gasteiger partial charge in [0.25, 0.3) is 0 Å². The van der Waals surface area contributed by atoms with Crippen LogP contribution in [0.5, 0.6) is 0 Å². The van der Waals surface area contributed by atoms with Gasteiger partial charge in [-0.05, 0) is 43.7 Å². The Kier molecular flexibility index (Phi) is 4.85. The van der Waals surface area contributed by atoms with E-state index in [2.05, 4.69) is 22.1 Å². The number of anilines is 2. The minimum atomic E-state index is -3.23. The fraction of sp³-hybridized carbons (Fsp3) is 0.357. The lowest BCUT2D eigenvalue weighted by Gasteiger charge is -2.15. The molecule has 1 atom stereocenters. The van der Waals surface area contributed by atoms with Crippen LogP contribution >= 0.6 is 0 Å². The van der Waals surface area contributed by atoms with Gasteiger partial charge in [-0.25, -0.2) is 8.42 Å². The Labute approximate surface area is 125 Å². The maximum absolute atomic E-state index is 11.1. The van der Waals surface area contributed by atoms with Gasteiger partial charge in [0.15, 0.2) is 0 Å². The van der Waals surface area contributed by atoms with Crippen LogP contribution in [-0.2, 0) is 16.6 Å². The van der Waals surface area contributed by atoms with E-state index in [0.29, 0.717) is 11.7 Å². The maximum atomic E-state index is 11.1. The van der Waals surface area contributed by atoms with Gasteiger partial charge in [0.05, 0.1) is 6.26 Å². The summed E-state index contributed by atoms with van der Waals surface area (Å²) in [5.74, 6) is 0. The van der Waals surface area contributed by atoms with Gasteiger partial charge in [0.2, 0.25) is 10.0 Å². The Morgan fingerprint density at radius 3 is 2.48 bits per heavy atom. The van der Waals surface area contributed by atoms with Crippen molar-refractivity contribution in [3.63, 3.8) is 0 Å². The van der Waals surface area contributed by atoms with Gasteiger partial charge in [-0.15, -0.1) is 0 Å². The SMILES string of the molecule is C[C@@H](CCn1cccn1)Nc1ccc(NS(C)(=O)=O)cc1. The number of hydrogen-bond acceptors (Lipinski definition) is 4. The Morgan fingerprint density at radius 1 is 1.24 bits per heavy atom. The minimum Gasteiger partial charge on any atom is -0.383 e. The number of aryl methyl sites for hydroxylation is 1. The van der Waals surface area contributed by atoms with Crippen LogP contribution in [0.25, 0.3) is 0 Å². The first-order chi connectivity index (χ1) is 9.92. The van der Waals surface area contributed by atoms with E-state index in [1.54, 1.807) is 18.3 Å². The molecule has 7 heteroatoms. The standard InChI is InChI=1S/C14H20N4O2S/c1-12(8-11-18-10-3-9-15-18)16-13-4-6-14(7-5-13)17-21(2,19)20/h3-7,9-10,12,16-17H,8,11H2,1-2H3/t12-/m0/s1. The van der Waals surface area contributed by atoms with E-state index in [4.69, 9.17) is 0 Å². The molecular weight excluding hydrogens is 288 g/mol. The molecule has 0 amide bonds. The second kappa shape index (κ2) is 6.62. The molecule has 2 rings (SSSR count). The van der Waals surface area contributed by atoms with Crippen molar-refractivity contribution in [2.75, 3.05) is 16.3 Å². The zero-order chi connectivity index (χ0) is 15.3. The number of aromatic nitrogens is 2. The predicted octanol–water partition coefficient (Wildman–Crippen LogP) is 2.15. The molecule has 2 aromatic rings. The summed E-state index contributed by atoms with van der Waals surface area (Å²) in [6.45, 7) is 2.96. The molecule has 1 aromatic carbocycles. The first-order valence-corrected chi connectivity index (χ1v) is 8.63. The molecule has 21 heavy (non-hydrogen) atoms. The van der Waals surface area contributed by atoms with Gasteiger partial charge in [-0.1, -0.05) is 0 Å². The fourth-order valence-electron chi connectivity index (χ4n) is 1.96. The average molecular weight is 308 g/mol. The van der Waals surface area contributed by atoms with Crippen molar-refractivity contribution in [3.05, 3.63) is 42.7 Å². The van der Waals surface area contributed by atoms with Gasteiger partial charge >= 0.3 is 0 Å². The van der Waals surface area contributed by atoms with E-state index in [1.807, 2.05) is 29.1 Å². The molecule has 0 unspecified atom stereocenters. The Hall–Kier alpha value is -2.02. The molecule has 114 valence electrons. The van der Waals surface area contributed by atoms with Crippen LogP contribution in [0, 0.1) is 0 Å². The molecule has 0 aliphatic rings. The van der Waals surface area contributed by atoms with Crippen LogP contribution in [0.3, 0.4) is 0 Å². The summed E-state index contributed by atoms with van der Waals surface area (Å²) in [6, 6.07) is 9.40. The van der Waals surface area contributed by atoms with E-state index in [9.17, 15) is 8.42 Å². The van der Waals surface area contributed by atoms with E-state index < -0.39 is 10.0 Å². The largest absolute Gasteiger partial charge is 0.383 e. The number of nitrogens with zero attached hydrogens (tertiary/aromatic N) is 2. The molecular formula is C14H20N4O2S. The average Bonchev–Trinajstić information content (AvgIpc) is 2.90. The second-order valence-corrected chi connectivity index (χ2v) is 6.80. The van der Waals surface area contributed by atoms with Crippen LogP contribution in [0.2, 0.25) is 0 Å². The van der Waals surface area contributed by atoms with E-state index in [1.165, 1.54) is 0 Å². The molecule has 0 saturated heterocycles. The number of nitrogens with one attached hydrogen (secondary N) is 2. The molecule has 0 spiro atoms.